The summed E-state index contributed by atoms with van der Waals surface area (Å²) in [6.45, 7) is 5.07. The number of carbonyl (C=O) groups excluding carboxylic acids is 2. The molecule has 4 nitrogen and oxygen atoms in total. The maximum absolute atomic E-state index is 13.1. The van der Waals surface area contributed by atoms with E-state index in [-0.39, 0.29) is 5.69 Å². The van der Waals surface area contributed by atoms with Crippen LogP contribution < -0.4 is 5.32 Å². The molecule has 2 aromatic rings. The van der Waals surface area contributed by atoms with Gasteiger partial charge in [-0.15, -0.1) is 11.3 Å². The van der Waals surface area contributed by atoms with Crippen LogP contribution in [-0.4, -0.2) is 18.0 Å². The Morgan fingerprint density at radius 1 is 1.17 bits per heavy atom. The summed E-state index contributed by atoms with van der Waals surface area (Å²) < 4.78 is 31.0. The van der Waals surface area contributed by atoms with Gasteiger partial charge in [-0.3, -0.25) is 4.79 Å². The molecule has 7 heteroatoms. The van der Waals surface area contributed by atoms with Crippen LogP contribution >= 0.6 is 11.3 Å². The number of amides is 1. The van der Waals surface area contributed by atoms with E-state index in [1.807, 2.05) is 6.92 Å². The summed E-state index contributed by atoms with van der Waals surface area (Å²) in [7, 11) is 0. The van der Waals surface area contributed by atoms with E-state index in [4.69, 9.17) is 4.74 Å². The van der Waals surface area contributed by atoms with E-state index in [0.717, 1.165) is 21.9 Å². The fraction of sp³-hybridized carbons (Fsp3) is 0.250. The Morgan fingerprint density at radius 3 is 2.43 bits per heavy atom. The number of hydrogen-bond acceptors (Lipinski definition) is 4. The van der Waals surface area contributed by atoms with Gasteiger partial charge in [0, 0.05) is 21.5 Å². The van der Waals surface area contributed by atoms with E-state index in [1.165, 1.54) is 24.3 Å². The number of rotatable bonds is 4. The van der Waals surface area contributed by atoms with Crippen molar-refractivity contribution in [2.24, 2.45) is 0 Å². The summed E-state index contributed by atoms with van der Waals surface area (Å²) in [4.78, 5) is 25.8. The smallest absolute Gasteiger partial charge is 0.340 e. The lowest BCUT2D eigenvalue weighted by molar-refractivity contribution is -0.123. The highest BCUT2D eigenvalue weighted by Gasteiger charge is 2.21. The summed E-state index contributed by atoms with van der Waals surface area (Å²) in [6, 6.07) is 4.67. The number of nitrogens with one attached hydrogen (secondary N) is 1. The van der Waals surface area contributed by atoms with E-state index in [9.17, 15) is 18.4 Å². The van der Waals surface area contributed by atoms with E-state index >= 15 is 0 Å². The van der Waals surface area contributed by atoms with Gasteiger partial charge in [0.2, 0.25) is 0 Å². The zero-order chi connectivity index (χ0) is 17.1. The molecule has 23 heavy (non-hydrogen) atoms. The molecule has 0 unspecified atom stereocenters. The molecule has 1 heterocycles. The van der Waals surface area contributed by atoms with Crippen LogP contribution in [0.1, 0.15) is 27.0 Å². The van der Waals surface area contributed by atoms with Crippen LogP contribution in [0.5, 0.6) is 0 Å². The predicted octanol–water partition coefficient (Wildman–Crippen LogP) is 3.83. The molecule has 1 N–H and O–H groups in total. The lowest BCUT2D eigenvalue weighted by atomic mass is 10.2. The van der Waals surface area contributed by atoms with Crippen LogP contribution in [0, 0.1) is 25.5 Å². The average Bonchev–Trinajstić information content (AvgIpc) is 2.81. The van der Waals surface area contributed by atoms with Gasteiger partial charge < -0.3 is 10.1 Å². The zero-order valence-corrected chi connectivity index (χ0v) is 13.6. The molecule has 0 aliphatic carbocycles. The molecule has 0 saturated carbocycles. The Labute approximate surface area is 136 Å². The first-order valence-electron chi connectivity index (χ1n) is 6.82. The summed E-state index contributed by atoms with van der Waals surface area (Å²) in [6.07, 6.45) is -1.07. The van der Waals surface area contributed by atoms with Gasteiger partial charge >= 0.3 is 5.97 Å². The van der Waals surface area contributed by atoms with Crippen LogP contribution in [0.3, 0.4) is 0 Å². The first-order valence-corrected chi connectivity index (χ1v) is 7.63. The fourth-order valence-corrected chi connectivity index (χ4v) is 2.84. The number of aryl methyl sites for hydroxylation is 2. The number of benzene rings is 1. The monoisotopic (exact) mass is 339 g/mol. The Hall–Kier alpha value is -2.28. The number of hydrogen-bond donors (Lipinski definition) is 1. The van der Waals surface area contributed by atoms with E-state index < -0.39 is 29.6 Å². The van der Waals surface area contributed by atoms with Crippen LogP contribution in [0.25, 0.3) is 0 Å². The number of halogens is 2. The molecule has 1 atom stereocenters. The topological polar surface area (TPSA) is 55.4 Å². The van der Waals surface area contributed by atoms with E-state index in [1.54, 1.807) is 13.0 Å². The Kier molecular flexibility index (Phi) is 5.10. The molecule has 1 aromatic heterocycles. The molecule has 0 aliphatic heterocycles. The highest BCUT2D eigenvalue weighted by molar-refractivity contribution is 7.12. The van der Waals surface area contributed by atoms with Gasteiger partial charge in [0.25, 0.3) is 5.91 Å². The zero-order valence-electron chi connectivity index (χ0n) is 12.8. The number of esters is 1. The van der Waals surface area contributed by atoms with E-state index in [0.29, 0.717) is 5.56 Å². The van der Waals surface area contributed by atoms with Gasteiger partial charge in [0.05, 0.1) is 5.56 Å². The lowest BCUT2D eigenvalue weighted by Gasteiger charge is -2.13. The summed E-state index contributed by atoms with van der Waals surface area (Å²) >= 11 is 1.46. The number of ether oxygens (including phenoxy) is 1. The second-order valence-electron chi connectivity index (χ2n) is 4.99. The van der Waals surface area contributed by atoms with Gasteiger partial charge in [-0.1, -0.05) is 0 Å². The molecule has 0 saturated heterocycles. The predicted molar refractivity (Wildman–Crippen MR) is 83.7 cm³/mol. The third kappa shape index (κ3) is 4.13. The van der Waals surface area contributed by atoms with Crippen molar-refractivity contribution in [3.63, 3.8) is 0 Å². The van der Waals surface area contributed by atoms with Crippen LogP contribution in [0.15, 0.2) is 24.3 Å². The van der Waals surface area contributed by atoms with Crippen molar-refractivity contribution in [3.8, 4) is 0 Å². The minimum Gasteiger partial charge on any atom is -0.449 e. The average molecular weight is 339 g/mol. The van der Waals surface area contributed by atoms with Crippen molar-refractivity contribution in [1.82, 2.24) is 0 Å². The maximum Gasteiger partial charge on any atom is 0.340 e. The SMILES string of the molecule is Cc1cc(C(=O)O[C@@H](C)C(=O)Nc2ccc(F)c(F)c2)c(C)s1. The molecule has 1 aromatic carbocycles. The minimum atomic E-state index is -1.07. The Balaban J connectivity index is 2.00. The molecular weight excluding hydrogens is 324 g/mol. The lowest BCUT2D eigenvalue weighted by Crippen LogP contribution is -2.30. The van der Waals surface area contributed by atoms with Crippen molar-refractivity contribution < 1.29 is 23.1 Å². The Bertz CT molecular complexity index is 758. The molecule has 0 spiro atoms. The summed E-state index contributed by atoms with van der Waals surface area (Å²) in [5.74, 6) is -3.31. The third-order valence-electron chi connectivity index (χ3n) is 3.10. The van der Waals surface area contributed by atoms with Crippen molar-refractivity contribution >= 4 is 28.9 Å². The first kappa shape index (κ1) is 17.1. The molecular formula is C16H15F2NO3S. The minimum absolute atomic E-state index is 0.0827. The molecule has 0 fully saturated rings. The van der Waals surface area contributed by atoms with Crippen molar-refractivity contribution in [2.45, 2.75) is 26.9 Å². The standard InChI is InChI=1S/C16H15F2NO3S/c1-8-6-12(10(3)23-8)16(21)22-9(2)15(20)19-11-4-5-13(17)14(18)7-11/h4-7,9H,1-3H3,(H,19,20)/t9-/m0/s1. The second kappa shape index (κ2) is 6.87. The highest BCUT2D eigenvalue weighted by atomic mass is 32.1. The quantitative estimate of drug-likeness (QED) is 0.862. The number of thiophene rings is 1. The van der Waals surface area contributed by atoms with Gasteiger partial charge in [-0.2, -0.15) is 0 Å². The van der Waals surface area contributed by atoms with Crippen LogP contribution in [-0.2, 0) is 9.53 Å². The van der Waals surface area contributed by atoms with Gasteiger partial charge in [-0.25, -0.2) is 13.6 Å². The van der Waals surface area contributed by atoms with Gasteiger partial charge in [0.15, 0.2) is 17.7 Å². The summed E-state index contributed by atoms with van der Waals surface area (Å²) in [5.41, 5.74) is 0.499. The van der Waals surface area contributed by atoms with E-state index in [2.05, 4.69) is 5.32 Å². The molecule has 0 aliphatic rings. The molecule has 0 radical (unpaired) electrons. The van der Waals surface area contributed by atoms with Gasteiger partial charge in [-0.05, 0) is 39.0 Å². The molecule has 2 rings (SSSR count). The van der Waals surface area contributed by atoms with Crippen LogP contribution in [0.4, 0.5) is 14.5 Å². The number of anilines is 1. The van der Waals surface area contributed by atoms with Gasteiger partial charge in [0.1, 0.15) is 0 Å². The largest absolute Gasteiger partial charge is 0.449 e. The first-order chi connectivity index (χ1) is 10.8. The third-order valence-corrected chi connectivity index (χ3v) is 4.07. The number of carbonyl (C=O) groups is 2. The second-order valence-corrected chi connectivity index (χ2v) is 6.45. The fourth-order valence-electron chi connectivity index (χ4n) is 1.93. The van der Waals surface area contributed by atoms with Crippen molar-refractivity contribution in [1.29, 1.82) is 0 Å². The molecule has 122 valence electrons. The Morgan fingerprint density at radius 2 is 1.87 bits per heavy atom. The highest BCUT2D eigenvalue weighted by Crippen LogP contribution is 2.22. The normalized spacial score (nSPS) is 11.9. The summed E-state index contributed by atoms with van der Waals surface area (Å²) in [5, 5.41) is 2.37. The van der Waals surface area contributed by atoms with Crippen LogP contribution in [0.2, 0.25) is 0 Å². The maximum atomic E-state index is 13.1. The molecule has 1 amide bonds. The molecule has 0 bridgehead atoms. The van der Waals surface area contributed by atoms with Crippen molar-refractivity contribution in [2.75, 3.05) is 5.32 Å². The van der Waals surface area contributed by atoms with Crippen molar-refractivity contribution in [3.05, 3.63) is 51.2 Å².